The fraction of sp³-hybridized carbons (Fsp3) is 0.357. The van der Waals surface area contributed by atoms with E-state index in [4.69, 9.17) is 10.2 Å². The summed E-state index contributed by atoms with van der Waals surface area (Å²) in [5.41, 5.74) is 7.53. The Morgan fingerprint density at radius 2 is 2.05 bits per heavy atom. The summed E-state index contributed by atoms with van der Waals surface area (Å²) < 4.78 is 8.46. The zero-order valence-corrected chi connectivity index (χ0v) is 12.0. The Morgan fingerprint density at radius 3 is 2.76 bits per heavy atom. The molecule has 2 heterocycles. The minimum Gasteiger partial charge on any atom is -0.408 e. The van der Waals surface area contributed by atoms with Gasteiger partial charge in [0.1, 0.15) is 5.69 Å². The van der Waals surface area contributed by atoms with Gasteiger partial charge in [-0.3, -0.25) is 9.25 Å². The Labute approximate surface area is 121 Å². The van der Waals surface area contributed by atoms with E-state index in [1.165, 1.54) is 0 Å². The SMILES string of the molecule is CC(C)(N)c1cn(CCn2c(=O)oc3ccccc32)nn1. The van der Waals surface area contributed by atoms with Crippen LogP contribution in [-0.4, -0.2) is 19.6 Å². The summed E-state index contributed by atoms with van der Waals surface area (Å²) in [6, 6.07) is 7.34. The molecule has 1 aromatic carbocycles. The van der Waals surface area contributed by atoms with Crippen molar-refractivity contribution in [1.82, 2.24) is 19.6 Å². The first-order valence-electron chi connectivity index (χ1n) is 6.73. The van der Waals surface area contributed by atoms with Crippen molar-refractivity contribution in [2.24, 2.45) is 5.73 Å². The van der Waals surface area contributed by atoms with Gasteiger partial charge in [0.2, 0.25) is 0 Å². The lowest BCUT2D eigenvalue weighted by atomic mass is 10.0. The molecule has 0 aliphatic heterocycles. The molecule has 2 N–H and O–H groups in total. The van der Waals surface area contributed by atoms with Crippen molar-refractivity contribution < 1.29 is 4.42 Å². The highest BCUT2D eigenvalue weighted by molar-refractivity contribution is 5.72. The Balaban J connectivity index is 1.82. The maximum Gasteiger partial charge on any atom is 0.420 e. The summed E-state index contributed by atoms with van der Waals surface area (Å²) in [5.74, 6) is -0.365. The van der Waals surface area contributed by atoms with Gasteiger partial charge in [-0.25, -0.2) is 4.79 Å². The third-order valence-electron chi connectivity index (χ3n) is 3.33. The summed E-state index contributed by atoms with van der Waals surface area (Å²) in [6.45, 7) is 4.72. The van der Waals surface area contributed by atoms with Crippen LogP contribution in [0.1, 0.15) is 19.5 Å². The van der Waals surface area contributed by atoms with Gasteiger partial charge in [-0.2, -0.15) is 0 Å². The molecule has 2 aromatic heterocycles. The van der Waals surface area contributed by atoms with E-state index in [1.807, 2.05) is 32.0 Å². The van der Waals surface area contributed by atoms with Crippen molar-refractivity contribution in [1.29, 1.82) is 0 Å². The van der Waals surface area contributed by atoms with Crippen LogP contribution in [0, 0.1) is 0 Å². The van der Waals surface area contributed by atoms with E-state index >= 15 is 0 Å². The van der Waals surface area contributed by atoms with Gasteiger partial charge in [-0.1, -0.05) is 17.3 Å². The highest BCUT2D eigenvalue weighted by Crippen LogP contribution is 2.13. The predicted octanol–water partition coefficient (Wildman–Crippen LogP) is 1.08. The van der Waals surface area contributed by atoms with E-state index in [0.29, 0.717) is 24.4 Å². The van der Waals surface area contributed by atoms with Crippen molar-refractivity contribution in [3.63, 3.8) is 0 Å². The quantitative estimate of drug-likeness (QED) is 0.775. The molecule has 21 heavy (non-hydrogen) atoms. The van der Waals surface area contributed by atoms with Crippen LogP contribution in [0.4, 0.5) is 0 Å². The second-order valence-electron chi connectivity index (χ2n) is 5.58. The maximum absolute atomic E-state index is 11.9. The second kappa shape index (κ2) is 4.85. The molecule has 0 amide bonds. The van der Waals surface area contributed by atoms with Gasteiger partial charge < -0.3 is 10.2 Å². The predicted molar refractivity (Wildman–Crippen MR) is 77.7 cm³/mol. The summed E-state index contributed by atoms with van der Waals surface area (Å²) in [6.07, 6.45) is 1.80. The lowest BCUT2D eigenvalue weighted by Gasteiger charge is -2.13. The lowest BCUT2D eigenvalue weighted by Crippen LogP contribution is -2.29. The monoisotopic (exact) mass is 287 g/mol. The van der Waals surface area contributed by atoms with E-state index in [1.54, 1.807) is 21.5 Å². The highest BCUT2D eigenvalue weighted by atomic mass is 16.4. The Hall–Kier alpha value is -2.41. The van der Waals surface area contributed by atoms with Crippen LogP contribution >= 0.6 is 0 Å². The normalized spacial score (nSPS) is 12.1. The van der Waals surface area contributed by atoms with Crippen molar-refractivity contribution >= 4 is 11.1 Å². The van der Waals surface area contributed by atoms with E-state index < -0.39 is 5.54 Å². The molecule has 110 valence electrons. The first kappa shape index (κ1) is 13.6. The molecule has 0 fully saturated rings. The fourth-order valence-electron chi connectivity index (χ4n) is 2.13. The van der Waals surface area contributed by atoms with Crippen LogP contribution in [0.15, 0.2) is 39.7 Å². The van der Waals surface area contributed by atoms with Crippen molar-refractivity contribution in [2.75, 3.05) is 0 Å². The number of benzene rings is 1. The minimum absolute atomic E-state index is 0.365. The fourth-order valence-corrected chi connectivity index (χ4v) is 2.13. The standard InChI is InChI=1S/C14H17N5O2/c1-14(2,15)12-9-18(17-16-12)7-8-19-10-5-3-4-6-11(10)21-13(19)20/h3-6,9H,7-8,15H2,1-2H3. The molecule has 0 unspecified atom stereocenters. The van der Waals surface area contributed by atoms with Gasteiger partial charge in [0, 0.05) is 6.54 Å². The maximum atomic E-state index is 11.9. The Kier molecular flexibility index (Phi) is 3.13. The van der Waals surface area contributed by atoms with E-state index in [9.17, 15) is 4.79 Å². The number of rotatable bonds is 4. The number of nitrogens with zero attached hydrogens (tertiary/aromatic N) is 4. The van der Waals surface area contributed by atoms with Crippen LogP contribution in [0.25, 0.3) is 11.1 Å². The summed E-state index contributed by atoms with van der Waals surface area (Å²) in [5, 5.41) is 8.08. The Morgan fingerprint density at radius 1 is 1.29 bits per heavy atom. The number of fused-ring (bicyclic) bond motifs is 1. The number of oxazole rings is 1. The molecule has 0 saturated heterocycles. The summed E-state index contributed by atoms with van der Waals surface area (Å²) in [4.78, 5) is 11.9. The number of aryl methyl sites for hydroxylation is 2. The molecule has 7 nitrogen and oxygen atoms in total. The number of hydrogen-bond donors (Lipinski definition) is 1. The number of nitrogens with two attached hydrogens (primary N) is 1. The average molecular weight is 287 g/mol. The Bertz CT molecular complexity index is 822. The summed E-state index contributed by atoms with van der Waals surface area (Å²) in [7, 11) is 0. The van der Waals surface area contributed by atoms with Crippen molar-refractivity contribution in [3.05, 3.63) is 46.7 Å². The molecule has 0 atom stereocenters. The van der Waals surface area contributed by atoms with E-state index in [0.717, 1.165) is 5.52 Å². The van der Waals surface area contributed by atoms with Crippen LogP contribution in [0.5, 0.6) is 0 Å². The molecule has 0 aliphatic rings. The molecular formula is C14H17N5O2. The van der Waals surface area contributed by atoms with Gasteiger partial charge in [-0.15, -0.1) is 5.10 Å². The van der Waals surface area contributed by atoms with Crippen LogP contribution in [-0.2, 0) is 18.6 Å². The van der Waals surface area contributed by atoms with E-state index in [2.05, 4.69) is 10.3 Å². The van der Waals surface area contributed by atoms with Gasteiger partial charge in [0.05, 0.1) is 23.8 Å². The molecule has 3 rings (SSSR count). The summed E-state index contributed by atoms with van der Waals surface area (Å²) >= 11 is 0. The average Bonchev–Trinajstić information content (AvgIpc) is 3.00. The zero-order chi connectivity index (χ0) is 15.0. The molecule has 3 aromatic rings. The van der Waals surface area contributed by atoms with Gasteiger partial charge in [0.15, 0.2) is 5.58 Å². The number of hydrogen-bond acceptors (Lipinski definition) is 5. The largest absolute Gasteiger partial charge is 0.420 e. The molecule has 0 bridgehead atoms. The second-order valence-corrected chi connectivity index (χ2v) is 5.58. The molecular weight excluding hydrogens is 270 g/mol. The topological polar surface area (TPSA) is 91.9 Å². The lowest BCUT2D eigenvalue weighted by molar-refractivity contribution is 0.466. The van der Waals surface area contributed by atoms with Gasteiger partial charge >= 0.3 is 5.76 Å². The third-order valence-corrected chi connectivity index (χ3v) is 3.33. The molecule has 0 saturated carbocycles. The first-order chi connectivity index (χ1) is 9.95. The first-order valence-corrected chi connectivity index (χ1v) is 6.73. The van der Waals surface area contributed by atoms with Crippen LogP contribution in [0.2, 0.25) is 0 Å². The molecule has 0 radical (unpaired) electrons. The highest BCUT2D eigenvalue weighted by Gasteiger charge is 2.18. The zero-order valence-electron chi connectivity index (χ0n) is 12.0. The molecule has 0 aliphatic carbocycles. The van der Waals surface area contributed by atoms with Crippen LogP contribution in [0.3, 0.4) is 0 Å². The van der Waals surface area contributed by atoms with Crippen LogP contribution < -0.4 is 11.5 Å². The molecule has 7 heteroatoms. The smallest absolute Gasteiger partial charge is 0.408 e. The van der Waals surface area contributed by atoms with Gasteiger partial charge in [0.25, 0.3) is 0 Å². The van der Waals surface area contributed by atoms with E-state index in [-0.39, 0.29) is 5.76 Å². The van der Waals surface area contributed by atoms with Gasteiger partial charge in [-0.05, 0) is 26.0 Å². The minimum atomic E-state index is -0.530. The van der Waals surface area contributed by atoms with Crippen molar-refractivity contribution in [3.8, 4) is 0 Å². The number of aromatic nitrogens is 4. The van der Waals surface area contributed by atoms with Crippen molar-refractivity contribution in [2.45, 2.75) is 32.5 Å². The third kappa shape index (κ3) is 2.59. The number of para-hydroxylation sites is 2. The molecule has 0 spiro atoms.